The van der Waals surface area contributed by atoms with Crippen LogP contribution in [0, 0.1) is 18.8 Å². The third-order valence-corrected chi connectivity index (χ3v) is 8.74. The molecule has 1 amide bonds. The van der Waals surface area contributed by atoms with Gasteiger partial charge in [-0.3, -0.25) is 18.7 Å². The van der Waals surface area contributed by atoms with Gasteiger partial charge in [0.2, 0.25) is 5.91 Å². The minimum Gasteiger partial charge on any atom is -0.342 e. The number of hydrogen-bond donors (Lipinski definition) is 0. The van der Waals surface area contributed by atoms with Gasteiger partial charge in [0, 0.05) is 25.6 Å². The van der Waals surface area contributed by atoms with E-state index in [0.29, 0.717) is 29.2 Å². The first-order valence-electron chi connectivity index (χ1n) is 13.1. The Labute approximate surface area is 210 Å². The third-order valence-electron chi connectivity index (χ3n) is 7.85. The molecule has 2 aromatic heterocycles. The van der Waals surface area contributed by atoms with E-state index in [1.807, 2.05) is 42.6 Å². The summed E-state index contributed by atoms with van der Waals surface area (Å²) in [4.78, 5) is 41.9. The van der Waals surface area contributed by atoms with E-state index in [2.05, 4.69) is 4.90 Å². The minimum atomic E-state index is -0.232. The van der Waals surface area contributed by atoms with E-state index in [-0.39, 0.29) is 23.1 Å². The number of nitrogens with zero attached hydrogens (tertiary/aromatic N) is 3. The number of carbonyl (C=O) groups excluding carboxylic acids is 1. The lowest BCUT2D eigenvalue weighted by Crippen LogP contribution is -2.42. The highest BCUT2D eigenvalue weighted by Gasteiger charge is 2.30. The molecule has 3 aromatic rings. The number of amides is 1. The van der Waals surface area contributed by atoms with Gasteiger partial charge < -0.3 is 4.90 Å². The molecule has 1 aliphatic carbocycles. The Morgan fingerprint density at radius 2 is 1.60 bits per heavy atom. The van der Waals surface area contributed by atoms with Gasteiger partial charge in [0.1, 0.15) is 4.70 Å². The SMILES string of the molecule is Cc1ccc(Cn2c(=O)n(CC3CCC(C(=O)N4CCCCCC4)CC3)c(=O)c3sccc32)cc1. The fourth-order valence-electron chi connectivity index (χ4n) is 5.72. The van der Waals surface area contributed by atoms with Crippen LogP contribution in [0.4, 0.5) is 0 Å². The molecule has 0 atom stereocenters. The molecule has 0 N–H and O–H groups in total. The smallest absolute Gasteiger partial charge is 0.331 e. The zero-order valence-corrected chi connectivity index (χ0v) is 21.4. The molecular weight excluding hydrogens is 458 g/mol. The molecule has 6 nitrogen and oxygen atoms in total. The first kappa shape index (κ1) is 24.0. The molecular formula is C28H35N3O3S. The van der Waals surface area contributed by atoms with Gasteiger partial charge in [0.05, 0.1) is 12.1 Å². The molecule has 186 valence electrons. The second kappa shape index (κ2) is 10.5. The summed E-state index contributed by atoms with van der Waals surface area (Å²) < 4.78 is 3.84. The molecule has 1 aliphatic heterocycles. The van der Waals surface area contributed by atoms with Crippen molar-refractivity contribution in [2.75, 3.05) is 13.1 Å². The standard InChI is InChI=1S/C28H35N3O3S/c1-20-6-8-21(9-7-20)18-30-24-14-17-35-25(24)27(33)31(28(30)34)19-22-10-12-23(13-11-22)26(32)29-15-4-2-3-5-16-29/h6-9,14,17,22-23H,2-5,10-13,15-16,18-19H2,1H3. The summed E-state index contributed by atoms with van der Waals surface area (Å²) in [5.74, 6) is 0.667. The third kappa shape index (κ3) is 5.15. The fraction of sp³-hybridized carbons (Fsp3) is 0.536. The van der Waals surface area contributed by atoms with Gasteiger partial charge in [-0.2, -0.15) is 0 Å². The average Bonchev–Trinajstić information content (AvgIpc) is 3.20. The van der Waals surface area contributed by atoms with Crippen LogP contribution in [-0.4, -0.2) is 33.0 Å². The first-order valence-corrected chi connectivity index (χ1v) is 13.9. The minimum absolute atomic E-state index is 0.0963. The van der Waals surface area contributed by atoms with Crippen molar-refractivity contribution >= 4 is 27.5 Å². The van der Waals surface area contributed by atoms with E-state index in [1.165, 1.54) is 34.3 Å². The molecule has 3 heterocycles. The van der Waals surface area contributed by atoms with E-state index in [4.69, 9.17) is 0 Å². The van der Waals surface area contributed by atoms with Crippen molar-refractivity contribution < 1.29 is 4.79 Å². The van der Waals surface area contributed by atoms with Gasteiger partial charge in [0.15, 0.2) is 0 Å². The van der Waals surface area contributed by atoms with Crippen molar-refractivity contribution in [2.45, 2.75) is 71.4 Å². The zero-order chi connectivity index (χ0) is 24.4. The van der Waals surface area contributed by atoms with Crippen LogP contribution < -0.4 is 11.2 Å². The number of aromatic nitrogens is 2. The topological polar surface area (TPSA) is 64.3 Å². The van der Waals surface area contributed by atoms with Crippen molar-refractivity contribution in [3.8, 4) is 0 Å². The predicted molar refractivity (Wildman–Crippen MR) is 141 cm³/mol. The Balaban J connectivity index is 1.32. The van der Waals surface area contributed by atoms with Gasteiger partial charge in [-0.1, -0.05) is 42.7 Å². The van der Waals surface area contributed by atoms with Crippen LogP contribution in [0.2, 0.25) is 0 Å². The monoisotopic (exact) mass is 493 g/mol. The van der Waals surface area contributed by atoms with Gasteiger partial charge in [-0.15, -0.1) is 11.3 Å². The maximum Gasteiger partial charge on any atom is 0.331 e. The van der Waals surface area contributed by atoms with Gasteiger partial charge in [0.25, 0.3) is 5.56 Å². The Morgan fingerprint density at radius 1 is 0.914 bits per heavy atom. The molecule has 0 radical (unpaired) electrons. The summed E-state index contributed by atoms with van der Waals surface area (Å²) in [6, 6.07) is 10.1. The van der Waals surface area contributed by atoms with E-state index in [9.17, 15) is 14.4 Å². The number of rotatable bonds is 5. The van der Waals surface area contributed by atoms with E-state index < -0.39 is 0 Å². The highest BCUT2D eigenvalue weighted by Crippen LogP contribution is 2.31. The van der Waals surface area contributed by atoms with Crippen molar-refractivity contribution in [1.82, 2.24) is 14.0 Å². The molecule has 5 rings (SSSR count). The molecule has 35 heavy (non-hydrogen) atoms. The van der Waals surface area contributed by atoms with Gasteiger partial charge in [-0.25, -0.2) is 4.79 Å². The average molecular weight is 494 g/mol. The summed E-state index contributed by atoms with van der Waals surface area (Å²) in [5, 5.41) is 1.89. The summed E-state index contributed by atoms with van der Waals surface area (Å²) in [6.07, 6.45) is 8.16. The van der Waals surface area contributed by atoms with Crippen LogP contribution >= 0.6 is 11.3 Å². The van der Waals surface area contributed by atoms with Crippen molar-refractivity contribution in [3.05, 3.63) is 67.7 Å². The summed E-state index contributed by atoms with van der Waals surface area (Å²) in [7, 11) is 0. The molecule has 1 saturated carbocycles. The van der Waals surface area contributed by atoms with E-state index in [0.717, 1.165) is 57.2 Å². The lowest BCUT2D eigenvalue weighted by atomic mass is 9.81. The van der Waals surface area contributed by atoms with E-state index in [1.54, 1.807) is 4.57 Å². The van der Waals surface area contributed by atoms with Crippen molar-refractivity contribution in [2.24, 2.45) is 11.8 Å². The molecule has 1 saturated heterocycles. The number of aryl methyl sites for hydroxylation is 1. The zero-order valence-electron chi connectivity index (χ0n) is 20.6. The molecule has 0 unspecified atom stereocenters. The quantitative estimate of drug-likeness (QED) is 0.513. The van der Waals surface area contributed by atoms with Crippen molar-refractivity contribution in [1.29, 1.82) is 0 Å². The lowest BCUT2D eigenvalue weighted by Gasteiger charge is -2.32. The molecule has 0 spiro atoms. The van der Waals surface area contributed by atoms with Gasteiger partial charge in [-0.05, 0) is 68.4 Å². The predicted octanol–water partition coefficient (Wildman–Crippen LogP) is 4.79. The Kier molecular flexibility index (Phi) is 7.23. The van der Waals surface area contributed by atoms with E-state index >= 15 is 0 Å². The highest BCUT2D eigenvalue weighted by atomic mass is 32.1. The first-order chi connectivity index (χ1) is 17.0. The molecule has 2 fully saturated rings. The van der Waals surface area contributed by atoms with Crippen LogP contribution in [0.25, 0.3) is 10.2 Å². The van der Waals surface area contributed by atoms with Crippen LogP contribution in [0.5, 0.6) is 0 Å². The molecule has 1 aromatic carbocycles. The molecule has 0 bridgehead atoms. The number of likely N-dealkylation sites (tertiary alicyclic amines) is 1. The molecule has 2 aliphatic rings. The summed E-state index contributed by atoms with van der Waals surface area (Å²) in [5.41, 5.74) is 2.53. The fourth-order valence-corrected chi connectivity index (χ4v) is 6.57. The highest BCUT2D eigenvalue weighted by molar-refractivity contribution is 7.17. The largest absolute Gasteiger partial charge is 0.342 e. The van der Waals surface area contributed by atoms with Crippen LogP contribution in [0.3, 0.4) is 0 Å². The number of benzene rings is 1. The van der Waals surface area contributed by atoms with Crippen LogP contribution in [0.1, 0.15) is 62.5 Å². The summed E-state index contributed by atoms with van der Waals surface area (Å²) in [6.45, 7) is 4.72. The Morgan fingerprint density at radius 3 is 2.29 bits per heavy atom. The van der Waals surface area contributed by atoms with Gasteiger partial charge >= 0.3 is 5.69 Å². The maximum atomic E-state index is 13.5. The second-order valence-corrected chi connectivity index (χ2v) is 11.3. The number of hydrogen-bond acceptors (Lipinski definition) is 4. The Hall–Kier alpha value is -2.67. The number of thiophene rings is 1. The summed E-state index contributed by atoms with van der Waals surface area (Å²) >= 11 is 1.40. The molecule has 7 heteroatoms. The van der Waals surface area contributed by atoms with Crippen molar-refractivity contribution in [3.63, 3.8) is 0 Å². The number of fused-ring (bicyclic) bond motifs is 1. The number of carbonyl (C=O) groups is 1. The lowest BCUT2D eigenvalue weighted by molar-refractivity contribution is -0.136. The Bertz CT molecular complexity index is 1290. The maximum absolute atomic E-state index is 13.5. The second-order valence-electron chi connectivity index (χ2n) is 10.4. The van der Waals surface area contributed by atoms with Crippen LogP contribution in [-0.2, 0) is 17.9 Å². The normalized spacial score (nSPS) is 21.2. The van der Waals surface area contributed by atoms with Crippen LogP contribution in [0.15, 0.2) is 45.3 Å².